The second kappa shape index (κ2) is 19.9. The van der Waals surface area contributed by atoms with E-state index in [4.69, 9.17) is 19.4 Å². The number of methoxy groups -OCH3 is 2. The third-order valence-electron chi connectivity index (χ3n) is 7.99. The smallest absolute Gasteiger partial charge is 0.290 e. The molecule has 4 aromatic rings. The van der Waals surface area contributed by atoms with Gasteiger partial charge in [-0.25, -0.2) is 0 Å². The molecule has 0 amide bonds. The van der Waals surface area contributed by atoms with Crippen molar-refractivity contribution in [3.8, 4) is 17.2 Å². The summed E-state index contributed by atoms with van der Waals surface area (Å²) in [6, 6.07) is 31.1. The maximum atomic E-state index is 10.6. The van der Waals surface area contributed by atoms with Crippen molar-refractivity contribution in [2.75, 3.05) is 14.2 Å². The molecule has 0 aliphatic carbocycles. The average Bonchev–Trinajstić information content (AvgIpc) is 3.07. The van der Waals surface area contributed by atoms with Gasteiger partial charge < -0.3 is 19.7 Å². The van der Waals surface area contributed by atoms with E-state index < -0.39 is 7.92 Å². The van der Waals surface area contributed by atoms with Crippen LogP contribution in [0.2, 0.25) is 0 Å². The first-order chi connectivity index (χ1) is 22.0. The molecule has 0 aliphatic rings. The first-order valence-corrected chi connectivity index (χ1v) is 17.8. The second-order valence-corrected chi connectivity index (χ2v) is 13.9. The Morgan fingerprint density at radius 1 is 0.689 bits per heavy atom. The summed E-state index contributed by atoms with van der Waals surface area (Å²) in [5.74, 6) is 1.13. The van der Waals surface area contributed by atoms with Gasteiger partial charge in [-0.3, -0.25) is 4.79 Å². The van der Waals surface area contributed by atoms with Crippen LogP contribution in [-0.2, 0) is 17.6 Å². The molecule has 7 heteroatoms. The number of halogens is 1. The van der Waals surface area contributed by atoms with Gasteiger partial charge in [0.1, 0.15) is 0 Å². The van der Waals surface area contributed by atoms with Crippen LogP contribution in [0.25, 0.3) is 0 Å². The zero-order valence-corrected chi connectivity index (χ0v) is 29.2. The standard InChI is InChI=1S/C37H44BrO3P.CH2O2/c1-28-32(34(38)36(40-2)37(41-3)35(28)39)26-17-9-7-5-4-6-8-12-20-29-21-18-19-27-33(29)42(30-22-13-10-14-23-30)31-24-15-11-16-25-31;2-1-3/h10-11,13-16,18-19,21-25,27,39H,4-9,12,17,20,26H2,1-3H3;1H,(H,2,3). The minimum absolute atomic E-state index is 0.173. The fourth-order valence-electron chi connectivity index (χ4n) is 5.69. The van der Waals surface area contributed by atoms with Crippen LogP contribution in [0, 0.1) is 6.92 Å². The van der Waals surface area contributed by atoms with Crippen molar-refractivity contribution >= 4 is 46.2 Å². The number of ether oxygens (including phenoxy) is 2. The van der Waals surface area contributed by atoms with E-state index in [0.717, 1.165) is 34.9 Å². The lowest BCUT2D eigenvalue weighted by atomic mass is 9.99. The molecule has 0 aliphatic heterocycles. The van der Waals surface area contributed by atoms with Gasteiger partial charge in [-0.2, -0.15) is 0 Å². The van der Waals surface area contributed by atoms with E-state index in [1.54, 1.807) is 14.2 Å². The Balaban J connectivity index is 0.00000177. The molecule has 4 aromatic carbocycles. The van der Waals surface area contributed by atoms with Crippen molar-refractivity contribution in [2.45, 2.75) is 71.1 Å². The van der Waals surface area contributed by atoms with Crippen LogP contribution in [0.4, 0.5) is 0 Å². The molecule has 5 nitrogen and oxygen atoms in total. The average molecular weight is 694 g/mol. The molecule has 0 fully saturated rings. The number of aryl methyl sites for hydroxylation is 1. The number of hydrogen-bond donors (Lipinski definition) is 2. The maximum Gasteiger partial charge on any atom is 0.290 e. The quantitative estimate of drug-likeness (QED) is 0.0697. The predicted octanol–water partition coefficient (Wildman–Crippen LogP) is 8.85. The third-order valence-corrected chi connectivity index (χ3v) is 11.4. The predicted molar refractivity (Wildman–Crippen MR) is 192 cm³/mol. The van der Waals surface area contributed by atoms with Crippen molar-refractivity contribution in [1.29, 1.82) is 0 Å². The number of rotatable bonds is 16. The first-order valence-electron chi connectivity index (χ1n) is 15.7. The first kappa shape index (κ1) is 36.1. The van der Waals surface area contributed by atoms with Crippen LogP contribution in [0.1, 0.15) is 68.1 Å². The normalized spacial score (nSPS) is 10.7. The molecule has 0 saturated heterocycles. The van der Waals surface area contributed by atoms with Crippen LogP contribution < -0.4 is 25.4 Å². The van der Waals surface area contributed by atoms with Crippen LogP contribution in [0.5, 0.6) is 17.2 Å². The lowest BCUT2D eigenvalue weighted by Crippen LogP contribution is -2.23. The van der Waals surface area contributed by atoms with Gasteiger partial charge in [0, 0.05) is 0 Å². The summed E-state index contributed by atoms with van der Waals surface area (Å²) in [4.78, 5) is 8.36. The molecular formula is C38H46BrO5P. The third kappa shape index (κ3) is 10.3. The van der Waals surface area contributed by atoms with E-state index in [1.165, 1.54) is 66.4 Å². The van der Waals surface area contributed by atoms with Gasteiger partial charge in [0.15, 0.2) is 11.5 Å². The van der Waals surface area contributed by atoms with Crippen LogP contribution >= 0.6 is 23.9 Å². The maximum absolute atomic E-state index is 10.6. The van der Waals surface area contributed by atoms with Gasteiger partial charge in [-0.15, -0.1) is 0 Å². The van der Waals surface area contributed by atoms with E-state index in [9.17, 15) is 5.11 Å². The van der Waals surface area contributed by atoms with Gasteiger partial charge in [-0.1, -0.05) is 123 Å². The second-order valence-electron chi connectivity index (χ2n) is 10.9. The van der Waals surface area contributed by atoms with Gasteiger partial charge in [0.2, 0.25) is 5.75 Å². The number of unbranched alkanes of at least 4 members (excludes halogenated alkanes) is 7. The number of benzene rings is 4. The lowest BCUT2D eigenvalue weighted by Gasteiger charge is -2.22. The Morgan fingerprint density at radius 2 is 1.13 bits per heavy atom. The number of aromatic hydroxyl groups is 1. The number of hydrogen-bond acceptors (Lipinski definition) is 4. The Morgan fingerprint density at radius 3 is 1.64 bits per heavy atom. The van der Waals surface area contributed by atoms with Crippen molar-refractivity contribution in [1.82, 2.24) is 0 Å². The summed E-state index contributed by atoms with van der Waals surface area (Å²) >= 11 is 3.67. The number of carbonyl (C=O) groups is 1. The molecule has 0 unspecified atom stereocenters. The van der Waals surface area contributed by atoms with Crippen LogP contribution in [-0.4, -0.2) is 30.9 Å². The zero-order valence-electron chi connectivity index (χ0n) is 26.7. The van der Waals surface area contributed by atoms with Gasteiger partial charge in [0.05, 0.1) is 18.7 Å². The molecule has 0 atom stereocenters. The van der Waals surface area contributed by atoms with Crippen molar-refractivity contribution in [3.63, 3.8) is 0 Å². The molecule has 0 heterocycles. The highest BCUT2D eigenvalue weighted by Crippen LogP contribution is 2.47. The minimum atomic E-state index is -0.562. The lowest BCUT2D eigenvalue weighted by molar-refractivity contribution is -0.122. The summed E-state index contributed by atoms with van der Waals surface area (Å²) in [6.07, 6.45) is 12.0. The van der Waals surface area contributed by atoms with Gasteiger partial charge >= 0.3 is 0 Å². The van der Waals surface area contributed by atoms with Gasteiger partial charge in [-0.05, 0) is 89.1 Å². The van der Waals surface area contributed by atoms with Crippen LogP contribution in [0.3, 0.4) is 0 Å². The number of phenols is 1. The molecule has 240 valence electrons. The molecular weight excluding hydrogens is 647 g/mol. The number of carboxylic acid groups (broad SMARTS) is 1. The Labute approximate surface area is 278 Å². The number of phenolic OH excluding ortho intramolecular Hbond substituents is 1. The molecule has 4 rings (SSSR count). The Hall–Kier alpha value is -3.34. The highest BCUT2D eigenvalue weighted by atomic mass is 79.9. The molecule has 0 saturated carbocycles. The van der Waals surface area contributed by atoms with E-state index >= 15 is 0 Å². The van der Waals surface area contributed by atoms with Crippen LogP contribution in [0.15, 0.2) is 89.4 Å². The topological polar surface area (TPSA) is 76.0 Å². The summed E-state index contributed by atoms with van der Waals surface area (Å²) in [5, 5.41) is 21.8. The fourth-order valence-corrected chi connectivity index (χ4v) is 9.03. The summed E-state index contributed by atoms with van der Waals surface area (Å²) < 4.78 is 11.7. The minimum Gasteiger partial charge on any atom is -0.504 e. The van der Waals surface area contributed by atoms with Crippen molar-refractivity contribution < 1.29 is 24.5 Å². The Bertz CT molecular complexity index is 1410. The molecule has 0 radical (unpaired) electrons. The highest BCUT2D eigenvalue weighted by molar-refractivity contribution is 9.10. The van der Waals surface area contributed by atoms with Crippen molar-refractivity contribution in [3.05, 3.63) is 106 Å². The fraction of sp³-hybridized carbons (Fsp3) is 0.342. The molecule has 0 aromatic heterocycles. The molecule has 2 N–H and O–H groups in total. The highest BCUT2D eigenvalue weighted by Gasteiger charge is 2.22. The zero-order chi connectivity index (χ0) is 32.4. The Kier molecular flexibility index (Phi) is 16.0. The van der Waals surface area contributed by atoms with E-state index in [-0.39, 0.29) is 12.2 Å². The summed E-state index contributed by atoms with van der Waals surface area (Å²) in [5.41, 5.74) is 3.47. The summed E-state index contributed by atoms with van der Waals surface area (Å²) in [7, 11) is 2.59. The SMILES string of the molecule is COc1c(O)c(C)c(CCCCCCCCCCc2ccccc2P(c2ccccc2)c2ccccc2)c(Br)c1OC.O=CO. The van der Waals surface area contributed by atoms with E-state index in [0.29, 0.717) is 11.5 Å². The monoisotopic (exact) mass is 692 g/mol. The van der Waals surface area contributed by atoms with Crippen molar-refractivity contribution in [2.24, 2.45) is 0 Å². The van der Waals surface area contributed by atoms with Gasteiger partial charge in [0.25, 0.3) is 6.47 Å². The molecule has 0 bridgehead atoms. The summed E-state index contributed by atoms with van der Waals surface area (Å²) in [6.45, 7) is 1.69. The van der Waals surface area contributed by atoms with E-state index in [2.05, 4.69) is 101 Å². The molecule has 0 spiro atoms. The van der Waals surface area contributed by atoms with E-state index in [1.807, 2.05) is 6.92 Å². The largest absolute Gasteiger partial charge is 0.504 e. The molecule has 45 heavy (non-hydrogen) atoms.